The van der Waals surface area contributed by atoms with Crippen LogP contribution in [0.25, 0.3) is 0 Å². The summed E-state index contributed by atoms with van der Waals surface area (Å²) < 4.78 is 0. The van der Waals surface area contributed by atoms with Crippen LogP contribution in [0.1, 0.15) is 287 Å². The van der Waals surface area contributed by atoms with E-state index in [0.29, 0.717) is 76.9 Å². The van der Waals surface area contributed by atoms with E-state index in [9.17, 15) is 0 Å². The van der Waals surface area contributed by atoms with Crippen LogP contribution in [-0.4, -0.2) is 72.2 Å². The lowest BCUT2D eigenvalue weighted by Crippen LogP contribution is -2.03. The fourth-order valence-electron chi connectivity index (χ4n) is 7.90. The van der Waals surface area contributed by atoms with E-state index in [2.05, 4.69) is 278 Å². The molecule has 11 heterocycles. The molecule has 2 aliphatic heterocycles. The highest BCUT2D eigenvalue weighted by atomic mass is 32.1. The molecule has 0 radical (unpaired) electrons. The summed E-state index contributed by atoms with van der Waals surface area (Å²) in [7, 11) is 0. The Bertz CT molecular complexity index is 3070. The Morgan fingerprint density at radius 2 is 0.932 bits per heavy atom. The molecule has 0 fully saturated rings. The molecule has 1 atom stereocenters. The molecule has 1 unspecified atom stereocenters. The first-order chi connectivity index (χ1) is 49.2. The van der Waals surface area contributed by atoms with Crippen molar-refractivity contribution in [2.24, 2.45) is 27.7 Å². The number of pyridine rings is 3. The molecule has 17 heteroatoms. The quantitative estimate of drug-likeness (QED) is 0.113. The van der Waals surface area contributed by atoms with Crippen LogP contribution in [0.5, 0.6) is 0 Å². The van der Waals surface area contributed by atoms with Crippen molar-refractivity contribution in [3.05, 3.63) is 273 Å². The van der Waals surface area contributed by atoms with Crippen molar-refractivity contribution in [2.45, 2.75) is 232 Å². The molecule has 0 amide bonds. The van der Waals surface area contributed by atoms with Crippen LogP contribution in [0, 0.1) is 17.8 Å². The Morgan fingerprint density at radius 1 is 0.359 bits per heavy atom. The molecule has 0 bridgehead atoms. The fourth-order valence-corrected chi connectivity index (χ4v) is 9.91. The van der Waals surface area contributed by atoms with E-state index >= 15 is 0 Å². The SMILES string of the molecule is CC(C)C1=CN=CC1.CC(C)C1C=CN=C1.CC(C)c1ccccc1.CC(C)c1ccccn1.CC(C)c1cccnc1.CC(C)c1ccncc1.CC(C)c1ccncn1.CC(C)c1cncnc1.CC(C)c1cncs1.CC(C)c1cscn1.CC(C)c1ncccn1.CC(C)c1nccs1. The van der Waals surface area contributed by atoms with Crippen LogP contribution in [0.3, 0.4) is 0 Å². The Balaban J connectivity index is 0.000000562. The number of aliphatic imine (C=N–C) groups is 2. The van der Waals surface area contributed by atoms with E-state index < -0.39 is 0 Å². The summed E-state index contributed by atoms with van der Waals surface area (Å²) in [5.41, 5.74) is 13.9. The summed E-state index contributed by atoms with van der Waals surface area (Å²) in [4.78, 5) is 57.5. The fraction of sp³-hybridized carbons (Fsp3) is 0.442. The maximum atomic E-state index is 4.18. The standard InChI is InChI=1S/C9H12.3C8H11N.3C7H10N2.2C7H11N.3C6H9NS/c1-8(2)9-6-4-3-5-7-9;1-7(2)8-3-5-9-6-4-8;1-7(2)8-4-3-5-9-6-8;1-7(2)8-5-3-4-6-9-8;1-6(2)7-3-8-5-9-4-7;1-6(2)7-3-4-8-5-9-7;1-6(2)7-8-4-3-5-9-7;2*1-6(2)7-3-4-8-5-7;1-5(2)6-3-8-4-7-6;1-5(2)6-3-7-4-8-6;1-5(2)6-7-3-4-8-6/h3-8H,1-2H3;3*3-7H,1-2H3;3*3-6H,1-2H3;4-6H,3H2,1-2H3;3-7H,1-2H3;3*3-5H,1-2H3. The molecule has 2 aliphatic rings. The zero-order valence-corrected chi connectivity index (χ0v) is 69.0. The number of allylic oxidation sites excluding steroid dienone is 2. The minimum absolute atomic E-state index is 0.436. The Hall–Kier alpha value is -8.38. The van der Waals surface area contributed by atoms with E-state index in [-0.39, 0.29) is 0 Å². The van der Waals surface area contributed by atoms with E-state index in [4.69, 9.17) is 0 Å². The lowest BCUT2D eigenvalue weighted by atomic mass is 9.99. The normalized spacial score (nSPS) is 12.0. The van der Waals surface area contributed by atoms with Crippen LogP contribution in [-0.2, 0) is 0 Å². The van der Waals surface area contributed by atoms with Gasteiger partial charge in [0, 0.05) is 150 Å². The minimum Gasteiger partial charge on any atom is -0.269 e. The zero-order chi connectivity index (χ0) is 76.7. The second-order valence-electron chi connectivity index (χ2n) is 27.7. The molecule has 0 spiro atoms. The van der Waals surface area contributed by atoms with Crippen molar-refractivity contribution in [3.8, 4) is 0 Å². The monoisotopic (exact) mass is 1450 g/mol. The first-order valence-corrected chi connectivity index (χ1v) is 39.0. The number of rotatable bonds is 12. The molecule has 10 aromatic rings. The van der Waals surface area contributed by atoms with Gasteiger partial charge in [-0.25, -0.2) is 39.9 Å². The molecule has 0 saturated carbocycles. The van der Waals surface area contributed by atoms with Gasteiger partial charge in [0.25, 0.3) is 0 Å². The average molecular weight is 1450 g/mol. The molecule has 0 saturated heterocycles. The lowest BCUT2D eigenvalue weighted by molar-refractivity contribution is 0.590. The number of aromatic nitrogens is 12. The van der Waals surface area contributed by atoms with Crippen molar-refractivity contribution in [1.82, 2.24) is 59.8 Å². The summed E-state index contributed by atoms with van der Waals surface area (Å²) in [6.07, 6.45) is 36.0. The van der Waals surface area contributed by atoms with E-state index in [0.717, 1.165) is 23.6 Å². The van der Waals surface area contributed by atoms with Gasteiger partial charge in [-0.1, -0.05) is 215 Å². The predicted molar refractivity (Wildman–Crippen MR) is 444 cm³/mol. The van der Waals surface area contributed by atoms with Gasteiger partial charge in [0.2, 0.25) is 0 Å². The van der Waals surface area contributed by atoms with Gasteiger partial charge in [0.15, 0.2) is 0 Å². The van der Waals surface area contributed by atoms with Gasteiger partial charge in [-0.2, -0.15) is 0 Å². The Kier molecular flexibility index (Phi) is 51.3. The summed E-state index contributed by atoms with van der Waals surface area (Å²) >= 11 is 5.10. The molecule has 14 nitrogen and oxygen atoms in total. The second-order valence-corrected chi connectivity index (χ2v) is 30.3. The maximum Gasteiger partial charge on any atom is 0.130 e. The highest BCUT2D eigenvalue weighted by molar-refractivity contribution is 7.10. The van der Waals surface area contributed by atoms with Crippen LogP contribution in [0.4, 0.5) is 0 Å². The van der Waals surface area contributed by atoms with E-state index in [1.807, 2.05) is 145 Å². The second kappa shape index (κ2) is 57.1. The van der Waals surface area contributed by atoms with Gasteiger partial charge in [-0.15, -0.1) is 34.0 Å². The summed E-state index contributed by atoms with van der Waals surface area (Å²) in [5, 5.41) is 5.32. The van der Waals surface area contributed by atoms with Crippen LogP contribution >= 0.6 is 34.0 Å². The molecular formula is C86H124N14S3. The highest BCUT2D eigenvalue weighted by Gasteiger charge is 2.09. The highest BCUT2D eigenvalue weighted by Crippen LogP contribution is 2.20. The third-order valence-corrected chi connectivity index (χ3v) is 17.6. The maximum absolute atomic E-state index is 4.18. The van der Waals surface area contributed by atoms with Crippen LogP contribution in [0.15, 0.2) is 228 Å². The topological polar surface area (TPSA) is 179 Å². The average Bonchev–Trinajstić information content (AvgIpc) is 1.85. The van der Waals surface area contributed by atoms with E-state index in [1.165, 1.54) is 43.4 Å². The molecule has 0 aliphatic carbocycles. The smallest absolute Gasteiger partial charge is 0.130 e. The lowest BCUT2D eigenvalue weighted by Gasteiger charge is -2.05. The molecular weight excluding hydrogens is 1330 g/mol. The Labute approximate surface area is 634 Å². The number of hydrogen-bond acceptors (Lipinski definition) is 17. The summed E-state index contributed by atoms with van der Waals surface area (Å²) in [6.45, 7) is 51.7. The largest absolute Gasteiger partial charge is 0.269 e. The molecule has 103 heavy (non-hydrogen) atoms. The van der Waals surface area contributed by atoms with Gasteiger partial charge in [-0.3, -0.25) is 29.9 Å². The summed E-state index contributed by atoms with van der Waals surface area (Å²) in [5.74, 6) is 8.61. The molecule has 556 valence electrons. The molecule has 9 aromatic heterocycles. The van der Waals surface area contributed by atoms with Crippen molar-refractivity contribution < 1.29 is 0 Å². The zero-order valence-electron chi connectivity index (χ0n) is 66.6. The van der Waals surface area contributed by atoms with Gasteiger partial charge in [0.1, 0.15) is 18.5 Å². The Morgan fingerprint density at radius 3 is 1.23 bits per heavy atom. The number of nitrogens with zero attached hydrogens (tertiary/aromatic N) is 14. The first-order valence-electron chi connectivity index (χ1n) is 36.3. The molecule has 0 N–H and O–H groups in total. The number of hydrogen-bond donors (Lipinski definition) is 0. The number of thiazole rings is 3. The third-order valence-electron chi connectivity index (χ3n) is 14.9. The van der Waals surface area contributed by atoms with Crippen LogP contribution < -0.4 is 0 Å². The van der Waals surface area contributed by atoms with Crippen molar-refractivity contribution in [2.75, 3.05) is 0 Å². The third kappa shape index (κ3) is 46.1. The van der Waals surface area contributed by atoms with Crippen molar-refractivity contribution in [3.63, 3.8) is 0 Å². The minimum atomic E-state index is 0.436. The van der Waals surface area contributed by atoms with Crippen molar-refractivity contribution in [1.29, 1.82) is 0 Å². The van der Waals surface area contributed by atoms with Crippen LogP contribution in [0.2, 0.25) is 0 Å². The molecule has 1 aromatic carbocycles. The van der Waals surface area contributed by atoms with Gasteiger partial charge < -0.3 is 0 Å². The van der Waals surface area contributed by atoms with Crippen molar-refractivity contribution >= 4 is 46.4 Å². The number of benzene rings is 1. The predicted octanol–water partition coefficient (Wildman–Crippen LogP) is 24.9. The van der Waals surface area contributed by atoms with Gasteiger partial charge >= 0.3 is 0 Å². The molecule has 12 rings (SSSR count). The summed E-state index contributed by atoms with van der Waals surface area (Å²) in [6, 6.07) is 28.4. The van der Waals surface area contributed by atoms with E-state index in [1.54, 1.807) is 71.5 Å². The van der Waals surface area contributed by atoms with Gasteiger partial charge in [0.05, 0.1) is 21.7 Å². The van der Waals surface area contributed by atoms with Gasteiger partial charge in [-0.05, 0) is 129 Å². The first kappa shape index (κ1) is 92.6.